The Kier molecular flexibility index (Phi) is 5.74. The monoisotopic (exact) mass is 338 g/mol. The largest absolute Gasteiger partial charge is 0.340 e. The number of H-pyrrole nitrogens is 1. The van der Waals surface area contributed by atoms with Crippen molar-refractivity contribution in [2.45, 2.75) is 19.4 Å². The summed E-state index contributed by atoms with van der Waals surface area (Å²) >= 11 is 0. The average molecular weight is 339 g/mol. The van der Waals surface area contributed by atoms with Crippen molar-refractivity contribution in [3.05, 3.63) is 52.6 Å². The van der Waals surface area contributed by atoms with Crippen molar-refractivity contribution in [1.82, 2.24) is 20.4 Å². The predicted octanol–water partition coefficient (Wildman–Crippen LogP) is 1.93. The second-order valence-corrected chi connectivity index (χ2v) is 5.56. The Bertz CT molecular complexity index is 671. The summed E-state index contributed by atoms with van der Waals surface area (Å²) in [5, 5.41) is 10.4. The second-order valence-electron chi connectivity index (χ2n) is 5.56. The van der Waals surface area contributed by atoms with Crippen LogP contribution in [0.25, 0.3) is 0 Å². The summed E-state index contributed by atoms with van der Waals surface area (Å²) < 4.78 is 12.9. The quantitative estimate of drug-likeness (QED) is 0.895. The Hall–Kier alpha value is -1.92. The zero-order chi connectivity index (χ0) is 15.5. The van der Waals surface area contributed by atoms with Crippen molar-refractivity contribution in [3.63, 3.8) is 0 Å². The van der Waals surface area contributed by atoms with Crippen LogP contribution in [-0.2, 0) is 19.4 Å². The van der Waals surface area contributed by atoms with Gasteiger partial charge in [0.1, 0.15) is 5.82 Å². The molecule has 1 aromatic heterocycles. The van der Waals surface area contributed by atoms with Crippen LogP contribution in [0.3, 0.4) is 0 Å². The lowest BCUT2D eigenvalue weighted by Crippen LogP contribution is -2.31. The number of benzene rings is 1. The van der Waals surface area contributed by atoms with Crippen molar-refractivity contribution in [2.24, 2.45) is 0 Å². The molecule has 0 saturated heterocycles. The third-order valence-electron chi connectivity index (χ3n) is 4.00. The summed E-state index contributed by atoms with van der Waals surface area (Å²) in [7, 11) is 1.77. The van der Waals surface area contributed by atoms with Gasteiger partial charge in [0.25, 0.3) is 5.91 Å². The molecule has 3 rings (SSSR count). The molecule has 0 spiro atoms. The Labute approximate surface area is 140 Å². The maximum Gasteiger partial charge on any atom is 0.274 e. The topological polar surface area (TPSA) is 61.0 Å². The summed E-state index contributed by atoms with van der Waals surface area (Å²) in [6.45, 7) is 2.15. The van der Waals surface area contributed by atoms with E-state index in [1.807, 2.05) is 0 Å². The molecule has 2 heterocycles. The van der Waals surface area contributed by atoms with Crippen molar-refractivity contribution < 1.29 is 9.18 Å². The van der Waals surface area contributed by atoms with E-state index in [0.717, 1.165) is 29.8 Å². The van der Waals surface area contributed by atoms with Crippen LogP contribution >= 0.6 is 12.4 Å². The van der Waals surface area contributed by atoms with Crippen LogP contribution < -0.4 is 5.32 Å². The number of hydrogen-bond acceptors (Lipinski definition) is 3. The average Bonchev–Trinajstić information content (AvgIpc) is 2.97. The van der Waals surface area contributed by atoms with Crippen molar-refractivity contribution in [3.8, 4) is 0 Å². The van der Waals surface area contributed by atoms with E-state index in [-0.39, 0.29) is 24.1 Å². The van der Waals surface area contributed by atoms with Gasteiger partial charge in [-0.3, -0.25) is 9.89 Å². The third-order valence-corrected chi connectivity index (χ3v) is 4.00. The highest BCUT2D eigenvalue weighted by Gasteiger charge is 2.23. The molecule has 1 aliphatic rings. The first-order chi connectivity index (χ1) is 10.6. The van der Waals surface area contributed by atoms with E-state index < -0.39 is 0 Å². The molecule has 0 fully saturated rings. The smallest absolute Gasteiger partial charge is 0.274 e. The molecule has 0 bridgehead atoms. The van der Waals surface area contributed by atoms with Crippen LogP contribution in [-0.4, -0.2) is 41.1 Å². The Morgan fingerprint density at radius 2 is 2.09 bits per heavy atom. The zero-order valence-electron chi connectivity index (χ0n) is 12.9. The molecule has 7 heteroatoms. The molecule has 0 unspecified atom stereocenters. The summed E-state index contributed by atoms with van der Waals surface area (Å²) in [4.78, 5) is 14.2. The Balaban J connectivity index is 0.00000192. The van der Waals surface area contributed by atoms with Gasteiger partial charge in [0.05, 0.1) is 0 Å². The maximum atomic E-state index is 12.9. The van der Waals surface area contributed by atoms with E-state index in [1.165, 1.54) is 12.1 Å². The van der Waals surface area contributed by atoms with E-state index in [0.29, 0.717) is 25.2 Å². The van der Waals surface area contributed by atoms with Crippen LogP contribution in [0.15, 0.2) is 24.3 Å². The molecule has 2 N–H and O–H groups in total. The summed E-state index contributed by atoms with van der Waals surface area (Å²) in [5.74, 6) is -0.327. The number of nitrogens with zero attached hydrogens (tertiary/aromatic N) is 2. The number of aromatic amines is 1. The molecular formula is C16H20ClFN4O. The van der Waals surface area contributed by atoms with E-state index in [1.54, 1.807) is 24.1 Å². The van der Waals surface area contributed by atoms with Crippen LogP contribution in [0.2, 0.25) is 0 Å². The Morgan fingerprint density at radius 1 is 1.35 bits per heavy atom. The van der Waals surface area contributed by atoms with Crippen LogP contribution in [0, 0.1) is 5.82 Å². The number of halogens is 2. The van der Waals surface area contributed by atoms with Gasteiger partial charge in [-0.25, -0.2) is 4.39 Å². The van der Waals surface area contributed by atoms with Gasteiger partial charge in [0.15, 0.2) is 5.69 Å². The minimum atomic E-state index is -0.246. The van der Waals surface area contributed by atoms with Gasteiger partial charge < -0.3 is 10.2 Å². The van der Waals surface area contributed by atoms with E-state index >= 15 is 0 Å². The number of carbonyl (C=O) groups is 1. The first-order valence-corrected chi connectivity index (χ1v) is 7.42. The number of hydrogen-bond donors (Lipinski definition) is 2. The number of rotatable bonds is 4. The minimum Gasteiger partial charge on any atom is -0.340 e. The zero-order valence-corrected chi connectivity index (χ0v) is 13.8. The fourth-order valence-corrected chi connectivity index (χ4v) is 2.63. The second kappa shape index (κ2) is 7.57. The summed E-state index contributed by atoms with van der Waals surface area (Å²) in [6.07, 6.45) is 1.56. The molecule has 1 aromatic carbocycles. The number of carbonyl (C=O) groups excluding carboxylic acids is 1. The molecule has 0 atom stereocenters. The fraction of sp³-hybridized carbons (Fsp3) is 0.375. The number of nitrogens with one attached hydrogen (secondary N) is 2. The van der Waals surface area contributed by atoms with Gasteiger partial charge in [-0.1, -0.05) is 12.1 Å². The lowest BCUT2D eigenvalue weighted by molar-refractivity contribution is 0.0789. The molecule has 1 aliphatic heterocycles. The first-order valence-electron chi connectivity index (χ1n) is 7.42. The van der Waals surface area contributed by atoms with E-state index in [2.05, 4.69) is 15.5 Å². The molecule has 2 aromatic rings. The number of likely N-dealkylation sites (N-methyl/N-ethyl adjacent to an activating group) is 1. The number of fused-ring (bicyclic) bond motifs is 1. The molecule has 0 aliphatic carbocycles. The molecular weight excluding hydrogens is 319 g/mol. The molecule has 0 radical (unpaired) electrons. The highest BCUT2D eigenvalue weighted by atomic mass is 35.5. The van der Waals surface area contributed by atoms with Crippen molar-refractivity contribution in [1.29, 1.82) is 0 Å². The molecule has 0 saturated carbocycles. The van der Waals surface area contributed by atoms with Crippen LogP contribution in [0.5, 0.6) is 0 Å². The third kappa shape index (κ3) is 3.89. The van der Waals surface area contributed by atoms with Crippen LogP contribution in [0.1, 0.15) is 27.3 Å². The first kappa shape index (κ1) is 17.4. The maximum absolute atomic E-state index is 12.9. The van der Waals surface area contributed by atoms with Crippen molar-refractivity contribution >= 4 is 18.3 Å². The highest BCUT2D eigenvalue weighted by Crippen LogP contribution is 2.16. The van der Waals surface area contributed by atoms with Crippen molar-refractivity contribution in [2.75, 3.05) is 20.1 Å². The summed E-state index contributed by atoms with van der Waals surface area (Å²) in [5.41, 5.74) is 3.54. The fourth-order valence-electron chi connectivity index (χ4n) is 2.63. The molecule has 5 nitrogen and oxygen atoms in total. The van der Waals surface area contributed by atoms with Gasteiger partial charge in [0.2, 0.25) is 0 Å². The lowest BCUT2D eigenvalue weighted by Gasteiger charge is -2.18. The molecule has 124 valence electrons. The SMILES string of the molecule is CN(CCc1ccc(F)cc1)C(=O)c1n[nH]c2c1CNCC2.Cl. The van der Waals surface area contributed by atoms with Gasteiger partial charge in [-0.05, 0) is 24.1 Å². The predicted molar refractivity (Wildman–Crippen MR) is 88.3 cm³/mol. The summed E-state index contributed by atoms with van der Waals surface area (Å²) in [6, 6.07) is 6.36. The van der Waals surface area contributed by atoms with Gasteiger partial charge in [-0.15, -0.1) is 12.4 Å². The number of amides is 1. The molecule has 23 heavy (non-hydrogen) atoms. The number of aromatic nitrogens is 2. The van der Waals surface area contributed by atoms with Gasteiger partial charge in [-0.2, -0.15) is 5.10 Å². The van der Waals surface area contributed by atoms with E-state index in [4.69, 9.17) is 0 Å². The van der Waals surface area contributed by atoms with E-state index in [9.17, 15) is 9.18 Å². The normalized spacial score (nSPS) is 13.1. The van der Waals surface area contributed by atoms with Crippen LogP contribution in [0.4, 0.5) is 4.39 Å². The van der Waals surface area contributed by atoms with Gasteiger partial charge in [0, 0.05) is 44.4 Å². The van der Waals surface area contributed by atoms with Gasteiger partial charge >= 0.3 is 0 Å². The highest BCUT2D eigenvalue weighted by molar-refractivity contribution is 5.93. The minimum absolute atomic E-state index is 0. The molecule has 1 amide bonds. The Morgan fingerprint density at radius 3 is 2.83 bits per heavy atom. The standard InChI is InChI=1S/C16H19FN4O.ClH/c1-21(9-7-11-2-4-12(17)5-3-11)16(22)15-13-10-18-8-6-14(13)19-20-15;/h2-5,18H,6-10H2,1H3,(H,19,20);1H. The lowest BCUT2D eigenvalue weighted by atomic mass is 10.1.